The predicted octanol–water partition coefficient (Wildman–Crippen LogP) is 3.68. The molecule has 0 aliphatic heterocycles. The van der Waals surface area contributed by atoms with Crippen LogP contribution in [0, 0.1) is 5.82 Å². The largest absolute Gasteiger partial charge is 0.478 e. The highest BCUT2D eigenvalue weighted by molar-refractivity contribution is 5.88. The third-order valence-electron chi connectivity index (χ3n) is 2.88. The number of halogens is 1. The standard InChI is InChI=1S/C15H14FNO2/c1-2-17(14-9-5-12(16)6-10-14)13-7-3-11(4-8-13)15(18)19/h3-10H,2H2,1H3,(H,18,19). The van der Waals surface area contributed by atoms with Gasteiger partial charge in [0.1, 0.15) is 5.82 Å². The normalized spacial score (nSPS) is 10.2. The molecule has 0 aliphatic carbocycles. The molecule has 0 unspecified atom stereocenters. The summed E-state index contributed by atoms with van der Waals surface area (Å²) in [5, 5.41) is 8.86. The van der Waals surface area contributed by atoms with Crippen LogP contribution < -0.4 is 4.90 Å². The highest BCUT2D eigenvalue weighted by Crippen LogP contribution is 2.25. The van der Waals surface area contributed by atoms with Gasteiger partial charge in [-0.15, -0.1) is 0 Å². The van der Waals surface area contributed by atoms with E-state index in [1.807, 2.05) is 11.8 Å². The van der Waals surface area contributed by atoms with Crippen molar-refractivity contribution in [3.63, 3.8) is 0 Å². The Hall–Kier alpha value is -2.36. The van der Waals surface area contributed by atoms with Gasteiger partial charge in [-0.2, -0.15) is 0 Å². The Morgan fingerprint density at radius 2 is 1.53 bits per heavy atom. The molecule has 0 aromatic heterocycles. The van der Waals surface area contributed by atoms with Gasteiger partial charge in [0.05, 0.1) is 5.56 Å². The van der Waals surface area contributed by atoms with Crippen LogP contribution in [-0.2, 0) is 0 Å². The highest BCUT2D eigenvalue weighted by Gasteiger charge is 2.08. The van der Waals surface area contributed by atoms with E-state index >= 15 is 0 Å². The maximum Gasteiger partial charge on any atom is 0.335 e. The monoisotopic (exact) mass is 259 g/mol. The minimum atomic E-state index is -0.948. The lowest BCUT2D eigenvalue weighted by Crippen LogP contribution is -2.16. The third kappa shape index (κ3) is 2.91. The van der Waals surface area contributed by atoms with Gasteiger partial charge in [0.15, 0.2) is 0 Å². The maximum absolute atomic E-state index is 12.9. The number of rotatable bonds is 4. The van der Waals surface area contributed by atoms with Crippen LogP contribution >= 0.6 is 0 Å². The molecule has 0 saturated heterocycles. The van der Waals surface area contributed by atoms with E-state index in [9.17, 15) is 9.18 Å². The molecule has 0 amide bonds. The van der Waals surface area contributed by atoms with Crippen molar-refractivity contribution in [3.8, 4) is 0 Å². The van der Waals surface area contributed by atoms with E-state index in [0.717, 1.165) is 11.4 Å². The second-order valence-corrected chi connectivity index (χ2v) is 4.07. The Morgan fingerprint density at radius 1 is 1.05 bits per heavy atom. The fourth-order valence-corrected chi connectivity index (χ4v) is 1.92. The van der Waals surface area contributed by atoms with E-state index in [1.54, 1.807) is 36.4 Å². The van der Waals surface area contributed by atoms with Gasteiger partial charge in [0, 0.05) is 17.9 Å². The van der Waals surface area contributed by atoms with Crippen molar-refractivity contribution in [1.29, 1.82) is 0 Å². The number of benzene rings is 2. The zero-order chi connectivity index (χ0) is 13.8. The first-order valence-corrected chi connectivity index (χ1v) is 5.98. The third-order valence-corrected chi connectivity index (χ3v) is 2.88. The Bertz CT molecular complexity index is 564. The van der Waals surface area contributed by atoms with E-state index in [4.69, 9.17) is 5.11 Å². The fourth-order valence-electron chi connectivity index (χ4n) is 1.92. The Balaban J connectivity index is 2.31. The van der Waals surface area contributed by atoms with Crippen molar-refractivity contribution in [3.05, 3.63) is 59.9 Å². The number of aromatic carboxylic acids is 1. The van der Waals surface area contributed by atoms with Crippen LogP contribution in [0.3, 0.4) is 0 Å². The molecule has 0 aliphatic rings. The second kappa shape index (κ2) is 5.52. The molecule has 0 atom stereocenters. The smallest absolute Gasteiger partial charge is 0.335 e. The van der Waals surface area contributed by atoms with Crippen LogP contribution in [0.25, 0.3) is 0 Å². The van der Waals surface area contributed by atoms with Crippen molar-refractivity contribution in [2.45, 2.75) is 6.92 Å². The molecule has 0 radical (unpaired) electrons. The zero-order valence-corrected chi connectivity index (χ0v) is 10.5. The molecule has 0 saturated carbocycles. The van der Waals surface area contributed by atoms with Gasteiger partial charge in [0.25, 0.3) is 0 Å². The molecule has 2 aromatic rings. The van der Waals surface area contributed by atoms with Crippen molar-refractivity contribution in [2.24, 2.45) is 0 Å². The molecule has 0 fully saturated rings. The van der Waals surface area contributed by atoms with E-state index in [-0.39, 0.29) is 11.4 Å². The minimum Gasteiger partial charge on any atom is -0.478 e. The molecule has 4 heteroatoms. The van der Waals surface area contributed by atoms with Gasteiger partial charge < -0.3 is 10.0 Å². The first kappa shape index (κ1) is 13.1. The first-order chi connectivity index (χ1) is 9.11. The molecule has 0 bridgehead atoms. The van der Waals surface area contributed by atoms with Crippen LogP contribution in [0.1, 0.15) is 17.3 Å². The summed E-state index contributed by atoms with van der Waals surface area (Å²) in [6.45, 7) is 2.69. The number of nitrogens with zero attached hydrogens (tertiary/aromatic N) is 1. The zero-order valence-electron chi connectivity index (χ0n) is 10.5. The second-order valence-electron chi connectivity index (χ2n) is 4.07. The SMILES string of the molecule is CCN(c1ccc(F)cc1)c1ccc(C(=O)O)cc1. The highest BCUT2D eigenvalue weighted by atomic mass is 19.1. The van der Waals surface area contributed by atoms with Gasteiger partial charge in [-0.1, -0.05) is 0 Å². The number of hydrogen-bond acceptors (Lipinski definition) is 2. The van der Waals surface area contributed by atoms with E-state index in [2.05, 4.69) is 0 Å². The summed E-state index contributed by atoms with van der Waals surface area (Å²) in [6.07, 6.45) is 0. The number of hydrogen-bond donors (Lipinski definition) is 1. The number of anilines is 2. The molecule has 2 aromatic carbocycles. The van der Waals surface area contributed by atoms with Crippen molar-refractivity contribution < 1.29 is 14.3 Å². The Kier molecular flexibility index (Phi) is 3.80. The number of carbonyl (C=O) groups is 1. The molecule has 0 spiro atoms. The average Bonchev–Trinajstić information content (AvgIpc) is 2.42. The Labute approximate surface area is 110 Å². The van der Waals surface area contributed by atoms with Crippen molar-refractivity contribution in [2.75, 3.05) is 11.4 Å². The van der Waals surface area contributed by atoms with Crippen LogP contribution in [0.15, 0.2) is 48.5 Å². The van der Waals surface area contributed by atoms with E-state index in [0.29, 0.717) is 6.54 Å². The molecule has 0 heterocycles. The number of carboxylic acids is 1. The van der Waals surface area contributed by atoms with Gasteiger partial charge in [-0.3, -0.25) is 0 Å². The summed E-state index contributed by atoms with van der Waals surface area (Å²) >= 11 is 0. The first-order valence-electron chi connectivity index (χ1n) is 5.98. The van der Waals surface area contributed by atoms with Crippen molar-refractivity contribution in [1.82, 2.24) is 0 Å². The molecular formula is C15H14FNO2. The lowest BCUT2D eigenvalue weighted by molar-refractivity contribution is 0.0697. The van der Waals surface area contributed by atoms with E-state index in [1.165, 1.54) is 12.1 Å². The van der Waals surface area contributed by atoms with Crippen LogP contribution in [0.2, 0.25) is 0 Å². The van der Waals surface area contributed by atoms with Gasteiger partial charge >= 0.3 is 5.97 Å². The number of carboxylic acid groups (broad SMARTS) is 1. The summed E-state index contributed by atoms with van der Waals surface area (Å²) in [5.74, 6) is -1.22. The Morgan fingerprint density at radius 3 is 1.95 bits per heavy atom. The molecule has 98 valence electrons. The summed E-state index contributed by atoms with van der Waals surface area (Å²) in [7, 11) is 0. The molecule has 2 rings (SSSR count). The fraction of sp³-hybridized carbons (Fsp3) is 0.133. The van der Waals surface area contributed by atoms with Crippen LogP contribution in [0.4, 0.5) is 15.8 Å². The topological polar surface area (TPSA) is 40.5 Å². The minimum absolute atomic E-state index is 0.249. The quantitative estimate of drug-likeness (QED) is 0.910. The summed E-state index contributed by atoms with van der Waals surface area (Å²) in [4.78, 5) is 12.8. The van der Waals surface area contributed by atoms with Gasteiger partial charge in [-0.05, 0) is 55.5 Å². The predicted molar refractivity (Wildman–Crippen MR) is 72.5 cm³/mol. The molecular weight excluding hydrogens is 245 g/mol. The summed E-state index contributed by atoms with van der Waals surface area (Å²) < 4.78 is 12.9. The van der Waals surface area contributed by atoms with E-state index < -0.39 is 5.97 Å². The molecule has 1 N–H and O–H groups in total. The average molecular weight is 259 g/mol. The van der Waals surface area contributed by atoms with Crippen molar-refractivity contribution >= 4 is 17.3 Å². The van der Waals surface area contributed by atoms with Gasteiger partial charge in [0.2, 0.25) is 0 Å². The van der Waals surface area contributed by atoms with Crippen LogP contribution in [0.5, 0.6) is 0 Å². The molecule has 3 nitrogen and oxygen atoms in total. The van der Waals surface area contributed by atoms with Crippen LogP contribution in [-0.4, -0.2) is 17.6 Å². The van der Waals surface area contributed by atoms with Gasteiger partial charge in [-0.25, -0.2) is 9.18 Å². The lowest BCUT2D eigenvalue weighted by atomic mass is 10.2. The summed E-state index contributed by atoms with van der Waals surface area (Å²) in [5.41, 5.74) is 1.99. The summed E-state index contributed by atoms with van der Waals surface area (Å²) in [6, 6.07) is 12.8. The lowest BCUT2D eigenvalue weighted by Gasteiger charge is -2.23. The molecule has 19 heavy (non-hydrogen) atoms. The maximum atomic E-state index is 12.9.